The lowest BCUT2D eigenvalue weighted by atomic mass is 10.0. The molecule has 2 aliphatic rings. The molecular weight excluding hydrogens is 366 g/mol. The Balaban J connectivity index is 1.56. The molecule has 1 aromatic carbocycles. The van der Waals surface area contributed by atoms with Crippen LogP contribution in [0.25, 0.3) is 0 Å². The number of hydrogen-bond donors (Lipinski definition) is 1. The average molecular weight is 396 g/mol. The number of morpholine rings is 1. The van der Waals surface area contributed by atoms with Crippen molar-refractivity contribution in [1.82, 2.24) is 14.9 Å². The Morgan fingerprint density at radius 3 is 2.48 bits per heavy atom. The van der Waals surface area contributed by atoms with E-state index in [0.29, 0.717) is 13.1 Å². The van der Waals surface area contributed by atoms with Crippen molar-refractivity contribution >= 4 is 17.5 Å². The van der Waals surface area contributed by atoms with E-state index in [1.165, 1.54) is 5.56 Å². The molecule has 1 aromatic heterocycles. The first-order valence-electron chi connectivity index (χ1n) is 10.3. The summed E-state index contributed by atoms with van der Waals surface area (Å²) in [6, 6.07) is 7.77. The summed E-state index contributed by atoms with van der Waals surface area (Å²) in [5, 5.41) is 3.01. The van der Waals surface area contributed by atoms with E-state index in [0.717, 1.165) is 48.1 Å². The van der Waals surface area contributed by atoms with Gasteiger partial charge in [0.1, 0.15) is 11.6 Å². The van der Waals surface area contributed by atoms with Gasteiger partial charge in [0.25, 0.3) is 0 Å². The van der Waals surface area contributed by atoms with Crippen molar-refractivity contribution in [3.8, 4) is 0 Å². The quantitative estimate of drug-likeness (QED) is 0.845. The molecule has 2 aliphatic heterocycles. The van der Waals surface area contributed by atoms with Gasteiger partial charge in [-0.2, -0.15) is 0 Å². The fourth-order valence-corrected chi connectivity index (χ4v) is 4.14. The second-order valence-corrected chi connectivity index (χ2v) is 8.15. The molecule has 1 saturated heterocycles. The number of fused-ring (bicyclic) bond motifs is 1. The number of aryl methyl sites for hydroxylation is 2. The van der Waals surface area contributed by atoms with Crippen molar-refractivity contribution < 1.29 is 9.53 Å². The summed E-state index contributed by atoms with van der Waals surface area (Å²) in [6.45, 7) is 10.9. The number of aromatic nitrogens is 2. The third-order valence-corrected chi connectivity index (χ3v) is 5.46. The van der Waals surface area contributed by atoms with Gasteiger partial charge in [-0.05, 0) is 39.8 Å². The molecule has 154 valence electrons. The minimum absolute atomic E-state index is 0.0882. The highest BCUT2D eigenvalue weighted by Crippen LogP contribution is 2.29. The normalized spacial score (nSPS) is 21.7. The van der Waals surface area contributed by atoms with E-state index < -0.39 is 0 Å². The molecule has 1 fully saturated rings. The summed E-state index contributed by atoms with van der Waals surface area (Å²) in [7, 11) is 0. The van der Waals surface area contributed by atoms with Crippen molar-refractivity contribution in [3.63, 3.8) is 0 Å². The van der Waals surface area contributed by atoms with Crippen molar-refractivity contribution in [2.24, 2.45) is 0 Å². The standard InChI is InChI=1S/C22H29N5O2/c1-14-5-7-18(8-6-14)25-22(28)26-10-9-20-19(13-26)21(24-17(4)23-20)27-11-15(2)29-16(3)12-27/h5-8,15-16H,9-13H2,1-4H3,(H,25,28). The fourth-order valence-electron chi connectivity index (χ4n) is 4.14. The predicted octanol–water partition coefficient (Wildman–Crippen LogP) is 3.30. The molecule has 3 heterocycles. The Morgan fingerprint density at radius 1 is 1.10 bits per heavy atom. The molecule has 4 rings (SSSR count). The fraction of sp³-hybridized carbons (Fsp3) is 0.500. The van der Waals surface area contributed by atoms with E-state index in [-0.39, 0.29) is 18.2 Å². The highest BCUT2D eigenvalue weighted by atomic mass is 16.5. The maximum Gasteiger partial charge on any atom is 0.322 e. The van der Waals surface area contributed by atoms with Crippen molar-refractivity contribution in [3.05, 3.63) is 46.9 Å². The maximum absolute atomic E-state index is 12.9. The zero-order valence-corrected chi connectivity index (χ0v) is 17.6. The summed E-state index contributed by atoms with van der Waals surface area (Å²) < 4.78 is 5.89. The smallest absolute Gasteiger partial charge is 0.322 e. The van der Waals surface area contributed by atoms with Gasteiger partial charge in [-0.3, -0.25) is 0 Å². The number of carbonyl (C=O) groups is 1. The number of rotatable bonds is 2. The van der Waals surface area contributed by atoms with Crippen LogP contribution in [-0.4, -0.2) is 52.7 Å². The number of hydrogen-bond acceptors (Lipinski definition) is 5. The molecule has 0 aliphatic carbocycles. The molecule has 0 radical (unpaired) electrons. The highest BCUT2D eigenvalue weighted by molar-refractivity contribution is 5.89. The second kappa shape index (κ2) is 7.99. The van der Waals surface area contributed by atoms with E-state index >= 15 is 0 Å². The third kappa shape index (κ3) is 4.34. The van der Waals surface area contributed by atoms with Crippen LogP contribution in [0.3, 0.4) is 0 Å². The van der Waals surface area contributed by atoms with Gasteiger partial charge in [-0.25, -0.2) is 14.8 Å². The lowest BCUT2D eigenvalue weighted by Crippen LogP contribution is -2.47. The molecule has 0 spiro atoms. The van der Waals surface area contributed by atoms with Gasteiger partial charge < -0.3 is 19.9 Å². The highest BCUT2D eigenvalue weighted by Gasteiger charge is 2.30. The summed E-state index contributed by atoms with van der Waals surface area (Å²) in [5.74, 6) is 1.73. The minimum atomic E-state index is -0.0882. The minimum Gasteiger partial charge on any atom is -0.372 e. The molecule has 7 heteroatoms. The summed E-state index contributed by atoms with van der Waals surface area (Å²) >= 11 is 0. The van der Waals surface area contributed by atoms with Gasteiger partial charge >= 0.3 is 6.03 Å². The van der Waals surface area contributed by atoms with E-state index in [2.05, 4.69) is 29.0 Å². The number of nitrogens with zero attached hydrogens (tertiary/aromatic N) is 4. The lowest BCUT2D eigenvalue weighted by molar-refractivity contribution is -0.00557. The largest absolute Gasteiger partial charge is 0.372 e. The van der Waals surface area contributed by atoms with Gasteiger partial charge in [0.15, 0.2) is 0 Å². The number of ether oxygens (including phenoxy) is 1. The van der Waals surface area contributed by atoms with Gasteiger partial charge in [0, 0.05) is 37.3 Å². The van der Waals surface area contributed by atoms with Crippen molar-refractivity contribution in [2.75, 3.05) is 29.9 Å². The third-order valence-electron chi connectivity index (χ3n) is 5.46. The van der Waals surface area contributed by atoms with Gasteiger partial charge in [0.2, 0.25) is 0 Å². The van der Waals surface area contributed by atoms with E-state index in [1.807, 2.05) is 43.0 Å². The van der Waals surface area contributed by atoms with Crippen LogP contribution in [0.15, 0.2) is 24.3 Å². The summed E-state index contributed by atoms with van der Waals surface area (Å²) in [5.41, 5.74) is 4.09. The van der Waals surface area contributed by atoms with Crippen molar-refractivity contribution in [2.45, 2.75) is 52.9 Å². The van der Waals surface area contributed by atoms with Crippen LogP contribution < -0.4 is 10.2 Å². The predicted molar refractivity (Wildman–Crippen MR) is 113 cm³/mol. The van der Waals surface area contributed by atoms with Crippen LogP contribution in [0.2, 0.25) is 0 Å². The van der Waals surface area contributed by atoms with Crippen LogP contribution in [0.4, 0.5) is 16.3 Å². The first kappa shape index (κ1) is 19.6. The van der Waals surface area contributed by atoms with Gasteiger partial charge in [-0.15, -0.1) is 0 Å². The van der Waals surface area contributed by atoms with Crippen LogP contribution in [-0.2, 0) is 17.7 Å². The molecule has 2 atom stereocenters. The monoisotopic (exact) mass is 395 g/mol. The first-order valence-corrected chi connectivity index (χ1v) is 10.3. The summed E-state index contributed by atoms with van der Waals surface area (Å²) in [6.07, 6.45) is 1.03. The Morgan fingerprint density at radius 2 is 1.79 bits per heavy atom. The molecular formula is C22H29N5O2. The maximum atomic E-state index is 12.9. The van der Waals surface area contributed by atoms with E-state index in [9.17, 15) is 4.79 Å². The van der Waals surface area contributed by atoms with Gasteiger partial charge in [0.05, 0.1) is 24.4 Å². The number of carbonyl (C=O) groups excluding carboxylic acids is 1. The zero-order chi connectivity index (χ0) is 20.5. The molecule has 0 bridgehead atoms. The summed E-state index contributed by atoms with van der Waals surface area (Å²) in [4.78, 5) is 26.4. The Bertz CT molecular complexity index is 889. The van der Waals surface area contributed by atoms with Gasteiger partial charge in [-0.1, -0.05) is 17.7 Å². The van der Waals surface area contributed by atoms with Crippen molar-refractivity contribution in [1.29, 1.82) is 0 Å². The Kier molecular flexibility index (Phi) is 5.41. The average Bonchev–Trinajstić information content (AvgIpc) is 2.68. The number of benzene rings is 1. The Hall–Kier alpha value is -2.67. The van der Waals surface area contributed by atoms with Crippen LogP contribution >= 0.6 is 0 Å². The van der Waals surface area contributed by atoms with E-state index in [1.54, 1.807) is 0 Å². The zero-order valence-electron chi connectivity index (χ0n) is 17.6. The number of urea groups is 1. The Labute approximate surface area is 172 Å². The molecule has 2 unspecified atom stereocenters. The molecule has 2 aromatic rings. The van der Waals surface area contributed by atoms with Crippen LogP contribution in [0.1, 0.15) is 36.5 Å². The lowest BCUT2D eigenvalue weighted by Gasteiger charge is -2.38. The molecule has 2 amide bonds. The molecule has 0 saturated carbocycles. The number of anilines is 2. The molecule has 29 heavy (non-hydrogen) atoms. The SMILES string of the molecule is Cc1ccc(NC(=O)N2CCc3nc(C)nc(N4CC(C)OC(C)C4)c3C2)cc1. The number of nitrogens with one attached hydrogen (secondary N) is 1. The first-order chi connectivity index (χ1) is 13.9. The topological polar surface area (TPSA) is 70.6 Å². The van der Waals surface area contributed by atoms with Crippen LogP contribution in [0, 0.1) is 13.8 Å². The molecule has 1 N–H and O–H groups in total. The second-order valence-electron chi connectivity index (χ2n) is 8.15. The van der Waals surface area contributed by atoms with Crippen LogP contribution in [0.5, 0.6) is 0 Å². The molecule has 7 nitrogen and oxygen atoms in total. The van der Waals surface area contributed by atoms with E-state index in [4.69, 9.17) is 9.72 Å². The number of amides is 2.